The van der Waals surface area contributed by atoms with Crippen LogP contribution in [-0.4, -0.2) is 42.9 Å². The summed E-state index contributed by atoms with van der Waals surface area (Å²) < 4.78 is 11.0. The fourth-order valence-corrected chi connectivity index (χ4v) is 3.03. The predicted octanol–water partition coefficient (Wildman–Crippen LogP) is 3.58. The molecule has 0 saturated carbocycles. The van der Waals surface area contributed by atoms with Crippen molar-refractivity contribution in [1.29, 1.82) is 0 Å². The summed E-state index contributed by atoms with van der Waals surface area (Å²) in [6.45, 7) is 6.67. The normalized spacial score (nSPS) is 17.4. The number of hydrogen-bond donors (Lipinski definition) is 0. The Morgan fingerprint density at radius 1 is 1.24 bits per heavy atom. The molecule has 0 radical (unpaired) electrons. The molecular weight excluding hydrogens is 314 g/mol. The first kappa shape index (κ1) is 17.4. The van der Waals surface area contributed by atoms with Gasteiger partial charge >= 0.3 is 0 Å². The van der Waals surface area contributed by atoms with Crippen molar-refractivity contribution in [2.75, 3.05) is 31.7 Å². The zero-order valence-electron chi connectivity index (χ0n) is 15.1. The van der Waals surface area contributed by atoms with Gasteiger partial charge in [0, 0.05) is 31.5 Å². The maximum absolute atomic E-state index is 5.73. The van der Waals surface area contributed by atoms with E-state index in [4.69, 9.17) is 14.5 Å². The molecule has 1 aromatic carbocycles. The number of nitrogens with zero attached hydrogens (tertiary/aromatic N) is 3. The van der Waals surface area contributed by atoms with Crippen molar-refractivity contribution in [3.05, 3.63) is 47.4 Å². The second-order valence-corrected chi connectivity index (χ2v) is 6.15. The molecule has 0 N–H and O–H groups in total. The molecule has 132 valence electrons. The largest absolute Gasteiger partial charge is 0.497 e. The topological polar surface area (TPSA) is 47.5 Å². The molecule has 1 saturated heterocycles. The SMILES string of the molecule is CCOC1CCN(c2cc(C)nc(C=Cc3cccc(OC)c3)n2)C1. The van der Waals surface area contributed by atoms with Crippen LogP contribution >= 0.6 is 0 Å². The van der Waals surface area contributed by atoms with Gasteiger partial charge in [0.15, 0.2) is 5.82 Å². The second-order valence-electron chi connectivity index (χ2n) is 6.15. The molecule has 2 heterocycles. The summed E-state index contributed by atoms with van der Waals surface area (Å²) >= 11 is 0. The Labute approximate surface area is 149 Å². The number of aromatic nitrogens is 2. The van der Waals surface area contributed by atoms with Crippen LogP contribution < -0.4 is 9.64 Å². The summed E-state index contributed by atoms with van der Waals surface area (Å²) in [6, 6.07) is 9.96. The van der Waals surface area contributed by atoms with E-state index in [9.17, 15) is 0 Å². The van der Waals surface area contributed by atoms with E-state index in [1.165, 1.54) is 0 Å². The van der Waals surface area contributed by atoms with Crippen LogP contribution in [0, 0.1) is 6.92 Å². The van der Waals surface area contributed by atoms with Crippen LogP contribution in [0.1, 0.15) is 30.4 Å². The Balaban J connectivity index is 1.76. The van der Waals surface area contributed by atoms with Crippen LogP contribution in [0.15, 0.2) is 30.3 Å². The monoisotopic (exact) mass is 339 g/mol. The maximum Gasteiger partial charge on any atom is 0.154 e. The Bertz CT molecular complexity index is 745. The number of rotatable bonds is 6. The molecule has 5 heteroatoms. The Morgan fingerprint density at radius 2 is 2.12 bits per heavy atom. The third-order valence-electron chi connectivity index (χ3n) is 4.25. The van der Waals surface area contributed by atoms with Gasteiger partial charge < -0.3 is 14.4 Å². The van der Waals surface area contributed by atoms with Crippen LogP contribution in [-0.2, 0) is 4.74 Å². The van der Waals surface area contributed by atoms with Gasteiger partial charge in [0.25, 0.3) is 0 Å². The third kappa shape index (κ3) is 4.57. The molecule has 1 unspecified atom stereocenters. The van der Waals surface area contributed by atoms with E-state index in [1.54, 1.807) is 7.11 Å². The number of methoxy groups -OCH3 is 1. The van der Waals surface area contributed by atoms with E-state index in [1.807, 2.05) is 56.3 Å². The van der Waals surface area contributed by atoms with Gasteiger partial charge in [-0.3, -0.25) is 0 Å². The van der Waals surface area contributed by atoms with E-state index >= 15 is 0 Å². The highest BCUT2D eigenvalue weighted by Crippen LogP contribution is 2.21. The first-order valence-corrected chi connectivity index (χ1v) is 8.72. The van der Waals surface area contributed by atoms with Crippen molar-refractivity contribution in [2.24, 2.45) is 0 Å². The van der Waals surface area contributed by atoms with Crippen molar-refractivity contribution >= 4 is 18.0 Å². The van der Waals surface area contributed by atoms with Gasteiger partial charge in [-0.25, -0.2) is 9.97 Å². The molecule has 1 atom stereocenters. The van der Waals surface area contributed by atoms with E-state index in [2.05, 4.69) is 9.88 Å². The fourth-order valence-electron chi connectivity index (χ4n) is 3.03. The molecule has 25 heavy (non-hydrogen) atoms. The smallest absolute Gasteiger partial charge is 0.154 e. The number of hydrogen-bond acceptors (Lipinski definition) is 5. The molecule has 1 fully saturated rings. The van der Waals surface area contributed by atoms with Crippen molar-refractivity contribution in [1.82, 2.24) is 9.97 Å². The summed E-state index contributed by atoms with van der Waals surface area (Å²) in [5.74, 6) is 2.53. The Hall–Kier alpha value is -2.40. The van der Waals surface area contributed by atoms with E-state index in [-0.39, 0.29) is 0 Å². The minimum atomic E-state index is 0.302. The standard InChI is InChI=1S/C20H25N3O2/c1-4-25-18-10-11-23(14-18)20-12-15(2)21-19(22-20)9-8-16-6-5-7-17(13-16)24-3/h5-9,12-13,18H,4,10-11,14H2,1-3H3. The minimum absolute atomic E-state index is 0.302. The van der Waals surface area contributed by atoms with Crippen LogP contribution in [0.4, 0.5) is 5.82 Å². The van der Waals surface area contributed by atoms with Crippen molar-refractivity contribution in [3.8, 4) is 5.75 Å². The van der Waals surface area contributed by atoms with Gasteiger partial charge in [-0.15, -0.1) is 0 Å². The summed E-state index contributed by atoms with van der Waals surface area (Å²) in [5.41, 5.74) is 2.03. The first-order chi connectivity index (χ1) is 12.2. The molecule has 1 aliphatic rings. The summed E-state index contributed by atoms with van der Waals surface area (Å²) in [4.78, 5) is 11.5. The molecule has 2 aromatic rings. The number of ether oxygens (including phenoxy) is 2. The van der Waals surface area contributed by atoms with Crippen LogP contribution in [0.2, 0.25) is 0 Å². The summed E-state index contributed by atoms with van der Waals surface area (Å²) in [7, 11) is 1.67. The van der Waals surface area contributed by atoms with Crippen LogP contribution in [0.5, 0.6) is 5.75 Å². The van der Waals surface area contributed by atoms with Crippen LogP contribution in [0.3, 0.4) is 0 Å². The predicted molar refractivity (Wildman–Crippen MR) is 101 cm³/mol. The Morgan fingerprint density at radius 3 is 2.92 bits per heavy atom. The van der Waals surface area contributed by atoms with Gasteiger partial charge in [0.2, 0.25) is 0 Å². The number of benzene rings is 1. The quantitative estimate of drug-likeness (QED) is 0.805. The number of aryl methyl sites for hydroxylation is 1. The lowest BCUT2D eigenvalue weighted by Crippen LogP contribution is -2.24. The average molecular weight is 339 g/mol. The van der Waals surface area contributed by atoms with Gasteiger partial charge in [-0.05, 0) is 44.0 Å². The second kappa shape index (κ2) is 8.12. The maximum atomic E-state index is 5.73. The lowest BCUT2D eigenvalue weighted by atomic mass is 10.2. The van der Waals surface area contributed by atoms with E-state index < -0.39 is 0 Å². The van der Waals surface area contributed by atoms with Crippen molar-refractivity contribution in [3.63, 3.8) is 0 Å². The van der Waals surface area contributed by atoms with E-state index in [0.717, 1.165) is 54.8 Å². The van der Waals surface area contributed by atoms with Gasteiger partial charge in [-0.2, -0.15) is 0 Å². The van der Waals surface area contributed by atoms with Crippen LogP contribution in [0.25, 0.3) is 12.2 Å². The van der Waals surface area contributed by atoms with Gasteiger partial charge in [0.05, 0.1) is 13.2 Å². The highest BCUT2D eigenvalue weighted by atomic mass is 16.5. The first-order valence-electron chi connectivity index (χ1n) is 8.72. The lowest BCUT2D eigenvalue weighted by Gasteiger charge is -2.18. The fraction of sp³-hybridized carbons (Fsp3) is 0.400. The zero-order valence-corrected chi connectivity index (χ0v) is 15.1. The molecule has 0 bridgehead atoms. The summed E-state index contributed by atoms with van der Waals surface area (Å²) in [6.07, 6.45) is 5.30. The zero-order chi connectivity index (χ0) is 17.6. The van der Waals surface area contributed by atoms with E-state index in [0.29, 0.717) is 6.10 Å². The van der Waals surface area contributed by atoms with Crippen molar-refractivity contribution in [2.45, 2.75) is 26.4 Å². The Kier molecular flexibility index (Phi) is 5.66. The lowest BCUT2D eigenvalue weighted by molar-refractivity contribution is 0.0787. The highest BCUT2D eigenvalue weighted by Gasteiger charge is 2.24. The molecule has 1 aliphatic heterocycles. The van der Waals surface area contributed by atoms with Crippen molar-refractivity contribution < 1.29 is 9.47 Å². The molecular formula is C20H25N3O2. The summed E-state index contributed by atoms with van der Waals surface area (Å²) in [5, 5.41) is 0. The molecule has 3 rings (SSSR count). The average Bonchev–Trinajstić information content (AvgIpc) is 3.09. The highest BCUT2D eigenvalue weighted by molar-refractivity contribution is 5.68. The third-order valence-corrected chi connectivity index (χ3v) is 4.25. The molecule has 5 nitrogen and oxygen atoms in total. The number of anilines is 1. The van der Waals surface area contributed by atoms with Gasteiger partial charge in [-0.1, -0.05) is 18.2 Å². The minimum Gasteiger partial charge on any atom is -0.497 e. The molecule has 1 aromatic heterocycles. The molecule has 0 amide bonds. The molecule has 0 aliphatic carbocycles. The molecule has 0 spiro atoms. The van der Waals surface area contributed by atoms with Gasteiger partial charge in [0.1, 0.15) is 11.6 Å².